The van der Waals surface area contributed by atoms with E-state index < -0.39 is 0 Å². The van der Waals surface area contributed by atoms with Crippen molar-refractivity contribution in [2.75, 3.05) is 13.6 Å². The smallest absolute Gasteiger partial charge is 0.108 e. The lowest BCUT2D eigenvalue weighted by molar-refractivity contribution is 0.513. The molecule has 74 valence electrons. The van der Waals surface area contributed by atoms with E-state index in [-0.39, 0.29) is 0 Å². The lowest BCUT2D eigenvalue weighted by Crippen LogP contribution is -2.19. The minimum Gasteiger partial charge on any atom is -0.335 e. The maximum absolute atomic E-state index is 4.34. The fraction of sp³-hybridized carbons (Fsp3) is 0.700. The van der Waals surface area contributed by atoms with Crippen molar-refractivity contribution in [2.24, 2.45) is 5.92 Å². The van der Waals surface area contributed by atoms with Crippen LogP contribution in [-0.2, 0) is 13.0 Å². The van der Waals surface area contributed by atoms with Gasteiger partial charge in [0.25, 0.3) is 0 Å². The summed E-state index contributed by atoms with van der Waals surface area (Å²) in [6, 6.07) is 0. The molecule has 0 amide bonds. The van der Waals surface area contributed by atoms with Gasteiger partial charge < -0.3 is 9.88 Å². The molecule has 0 aliphatic heterocycles. The second-order valence-corrected chi connectivity index (χ2v) is 3.50. The average molecular weight is 181 g/mol. The van der Waals surface area contributed by atoms with Crippen LogP contribution in [0.15, 0.2) is 12.4 Å². The molecule has 1 N–H and O–H groups in total. The Morgan fingerprint density at radius 2 is 2.38 bits per heavy atom. The van der Waals surface area contributed by atoms with Crippen molar-refractivity contribution < 1.29 is 0 Å². The summed E-state index contributed by atoms with van der Waals surface area (Å²) in [5, 5.41) is 3.18. The summed E-state index contributed by atoms with van der Waals surface area (Å²) in [6.45, 7) is 6.46. The van der Waals surface area contributed by atoms with E-state index in [2.05, 4.69) is 28.7 Å². The highest BCUT2D eigenvalue weighted by Gasteiger charge is 2.06. The predicted octanol–water partition coefficient (Wildman–Crippen LogP) is 1.30. The topological polar surface area (TPSA) is 29.9 Å². The van der Waals surface area contributed by atoms with E-state index in [4.69, 9.17) is 0 Å². The van der Waals surface area contributed by atoms with Crippen LogP contribution in [0.25, 0.3) is 0 Å². The summed E-state index contributed by atoms with van der Waals surface area (Å²) < 4.78 is 2.20. The van der Waals surface area contributed by atoms with Crippen LogP contribution < -0.4 is 5.32 Å². The molecule has 0 bridgehead atoms. The van der Waals surface area contributed by atoms with Gasteiger partial charge in [-0.1, -0.05) is 6.92 Å². The van der Waals surface area contributed by atoms with Crippen LogP contribution in [-0.4, -0.2) is 23.1 Å². The highest BCUT2D eigenvalue weighted by atomic mass is 15.1. The Balaban J connectivity index is 2.52. The third-order valence-corrected chi connectivity index (χ3v) is 2.23. The highest BCUT2D eigenvalue weighted by molar-refractivity contribution is 4.93. The minimum atomic E-state index is 0.651. The summed E-state index contributed by atoms with van der Waals surface area (Å²) in [6.07, 6.45) is 4.98. The zero-order valence-corrected chi connectivity index (χ0v) is 8.75. The highest BCUT2D eigenvalue weighted by Crippen LogP contribution is 2.05. The third-order valence-electron chi connectivity index (χ3n) is 2.23. The molecule has 0 saturated heterocycles. The molecule has 1 aromatic heterocycles. The molecule has 1 heterocycles. The molecule has 3 heteroatoms. The standard InChI is InChI=1S/C10H19N3/c1-4-13-6-5-12-10(13)7-9(2)8-11-3/h5-6,9,11H,4,7-8H2,1-3H3. The van der Waals surface area contributed by atoms with E-state index in [9.17, 15) is 0 Å². The van der Waals surface area contributed by atoms with Crippen LogP contribution in [0.5, 0.6) is 0 Å². The maximum Gasteiger partial charge on any atom is 0.108 e. The van der Waals surface area contributed by atoms with Crippen LogP contribution in [0.4, 0.5) is 0 Å². The predicted molar refractivity (Wildman–Crippen MR) is 54.7 cm³/mol. The zero-order valence-electron chi connectivity index (χ0n) is 8.75. The summed E-state index contributed by atoms with van der Waals surface area (Å²) in [5.74, 6) is 1.85. The molecule has 1 atom stereocenters. The van der Waals surface area contributed by atoms with Gasteiger partial charge in [-0.25, -0.2) is 4.98 Å². The molecule has 0 saturated carbocycles. The fourth-order valence-electron chi connectivity index (χ4n) is 1.55. The van der Waals surface area contributed by atoms with Gasteiger partial charge in [-0.2, -0.15) is 0 Å². The second-order valence-electron chi connectivity index (χ2n) is 3.50. The molecule has 1 unspecified atom stereocenters. The monoisotopic (exact) mass is 181 g/mol. The molecular formula is C10H19N3. The quantitative estimate of drug-likeness (QED) is 0.742. The molecule has 1 aromatic rings. The molecule has 0 radical (unpaired) electrons. The van der Waals surface area contributed by atoms with Gasteiger partial charge >= 0.3 is 0 Å². The van der Waals surface area contributed by atoms with Gasteiger partial charge in [-0.15, -0.1) is 0 Å². The van der Waals surface area contributed by atoms with Crippen LogP contribution in [0.1, 0.15) is 19.7 Å². The molecule has 0 aliphatic rings. The minimum absolute atomic E-state index is 0.651. The largest absolute Gasteiger partial charge is 0.335 e. The van der Waals surface area contributed by atoms with Crippen LogP contribution in [0, 0.1) is 5.92 Å². The maximum atomic E-state index is 4.34. The van der Waals surface area contributed by atoms with Crippen LogP contribution in [0.3, 0.4) is 0 Å². The Labute approximate surface area is 80.2 Å². The number of nitrogens with one attached hydrogen (secondary N) is 1. The van der Waals surface area contributed by atoms with E-state index in [1.807, 2.05) is 19.4 Å². The Bertz CT molecular complexity index is 242. The Morgan fingerprint density at radius 3 is 3.00 bits per heavy atom. The normalized spacial score (nSPS) is 13.2. The Hall–Kier alpha value is -0.830. The van der Waals surface area contributed by atoms with E-state index >= 15 is 0 Å². The van der Waals surface area contributed by atoms with E-state index in [1.54, 1.807) is 0 Å². The molecule has 13 heavy (non-hydrogen) atoms. The van der Waals surface area contributed by atoms with Gasteiger partial charge in [0.2, 0.25) is 0 Å². The Morgan fingerprint density at radius 1 is 1.62 bits per heavy atom. The van der Waals surface area contributed by atoms with Gasteiger partial charge in [-0.05, 0) is 26.4 Å². The second kappa shape index (κ2) is 5.02. The summed E-state index contributed by atoms with van der Waals surface area (Å²) in [4.78, 5) is 4.34. The molecule has 1 rings (SSSR count). The molecule has 3 nitrogen and oxygen atoms in total. The average Bonchev–Trinajstić information content (AvgIpc) is 2.52. The van der Waals surface area contributed by atoms with Crippen LogP contribution in [0.2, 0.25) is 0 Å². The molecule has 0 aliphatic carbocycles. The third kappa shape index (κ3) is 2.84. The number of rotatable bonds is 5. The van der Waals surface area contributed by atoms with Crippen molar-refractivity contribution >= 4 is 0 Å². The SMILES string of the molecule is CCn1ccnc1CC(C)CNC. The molecule has 0 spiro atoms. The first-order valence-corrected chi connectivity index (χ1v) is 4.92. The van der Waals surface area contributed by atoms with Crippen molar-refractivity contribution in [3.63, 3.8) is 0 Å². The number of aryl methyl sites for hydroxylation is 1. The number of hydrogen-bond acceptors (Lipinski definition) is 2. The van der Waals surface area contributed by atoms with Gasteiger partial charge in [0.05, 0.1) is 0 Å². The first-order valence-electron chi connectivity index (χ1n) is 4.92. The van der Waals surface area contributed by atoms with E-state index in [1.165, 1.54) is 5.82 Å². The van der Waals surface area contributed by atoms with Gasteiger partial charge in [0, 0.05) is 25.4 Å². The van der Waals surface area contributed by atoms with Crippen molar-refractivity contribution in [1.29, 1.82) is 0 Å². The van der Waals surface area contributed by atoms with Crippen molar-refractivity contribution in [1.82, 2.24) is 14.9 Å². The molecule has 0 fully saturated rings. The van der Waals surface area contributed by atoms with Gasteiger partial charge in [-0.3, -0.25) is 0 Å². The number of nitrogens with zero attached hydrogens (tertiary/aromatic N) is 2. The fourth-order valence-corrected chi connectivity index (χ4v) is 1.55. The van der Waals surface area contributed by atoms with Crippen molar-refractivity contribution in [2.45, 2.75) is 26.8 Å². The number of aromatic nitrogens is 2. The summed E-state index contributed by atoms with van der Waals surface area (Å²) in [7, 11) is 1.99. The lowest BCUT2D eigenvalue weighted by Gasteiger charge is -2.11. The van der Waals surface area contributed by atoms with Gasteiger partial charge in [0.1, 0.15) is 5.82 Å². The number of imidazole rings is 1. The van der Waals surface area contributed by atoms with Crippen LogP contribution >= 0.6 is 0 Å². The molecule has 0 aromatic carbocycles. The van der Waals surface area contributed by atoms with Crippen molar-refractivity contribution in [3.05, 3.63) is 18.2 Å². The summed E-state index contributed by atoms with van der Waals surface area (Å²) >= 11 is 0. The van der Waals surface area contributed by atoms with E-state index in [0.717, 1.165) is 19.5 Å². The first-order chi connectivity index (χ1) is 6.27. The Kier molecular flexibility index (Phi) is 3.96. The van der Waals surface area contributed by atoms with Gasteiger partial charge in [0.15, 0.2) is 0 Å². The number of hydrogen-bond donors (Lipinski definition) is 1. The first kappa shape index (κ1) is 10.3. The molecular weight excluding hydrogens is 162 g/mol. The summed E-state index contributed by atoms with van der Waals surface area (Å²) in [5.41, 5.74) is 0. The van der Waals surface area contributed by atoms with Crippen molar-refractivity contribution in [3.8, 4) is 0 Å². The lowest BCUT2D eigenvalue weighted by atomic mass is 10.1. The zero-order chi connectivity index (χ0) is 9.68. The van der Waals surface area contributed by atoms with E-state index in [0.29, 0.717) is 5.92 Å².